The summed E-state index contributed by atoms with van der Waals surface area (Å²) in [6, 6.07) is -0.509. The van der Waals surface area contributed by atoms with Crippen molar-refractivity contribution in [2.24, 2.45) is 29.6 Å². The molecule has 98 heavy (non-hydrogen) atoms. The van der Waals surface area contributed by atoms with Crippen LogP contribution in [0.25, 0.3) is 12.2 Å². The molecule has 12 unspecified atom stereocenters. The van der Waals surface area contributed by atoms with Gasteiger partial charge >= 0.3 is 11.9 Å². The number of ether oxygens (including phenoxy) is 7. The number of aliphatic carboxylic acids is 2. The summed E-state index contributed by atoms with van der Waals surface area (Å²) in [4.78, 5) is 85.8. The van der Waals surface area contributed by atoms with Gasteiger partial charge in [-0.15, -0.1) is 0 Å². The number of ketones is 4. The summed E-state index contributed by atoms with van der Waals surface area (Å²) >= 11 is 0. The molecule has 3 saturated heterocycles. The van der Waals surface area contributed by atoms with Crippen molar-refractivity contribution in [3.8, 4) is 34.5 Å². The number of nitrogens with zero attached hydrogens (tertiary/aromatic N) is 1. The molecule has 4 N–H and O–H groups in total. The number of benzene rings is 2. The summed E-state index contributed by atoms with van der Waals surface area (Å²) in [5.74, 6) is -5.13. The molecule has 12 atom stereocenters. The van der Waals surface area contributed by atoms with E-state index in [4.69, 9.17) is 33.2 Å². The van der Waals surface area contributed by atoms with Crippen LogP contribution in [-0.2, 0) is 46.2 Å². The number of carboxylic acids is 2. The van der Waals surface area contributed by atoms with Crippen molar-refractivity contribution in [3.05, 3.63) is 127 Å². The van der Waals surface area contributed by atoms with Crippen molar-refractivity contribution in [2.75, 3.05) is 26.3 Å². The van der Waals surface area contributed by atoms with Crippen LogP contribution in [0.15, 0.2) is 93.7 Å². The molecule has 13 aliphatic rings. The lowest BCUT2D eigenvalue weighted by Crippen LogP contribution is -2.82. The first kappa shape index (κ1) is 70.2. The molecule has 8 bridgehead atoms. The van der Waals surface area contributed by atoms with E-state index in [0.717, 1.165) is 24.0 Å². The molecule has 2 aromatic carbocycles. The standard InChI is InChI=1S/C42H53NO9.C38H44O8/c1-23(2)10-9-15-40(8)16-14-26-33(44)30-34(45)31-32(43-18-20-49-21-19-43)28-22-29-39(6,7)52-41(37(28)46,17-13-25(5)38(47)48)42(29,31)51-36(30)27(35(26)50-40)12-11-24(3)4;1-20(2)10-9-15-36(8)16-14-24-29(39)28-30(40)26-18-23-19-27-35(6,7)46-37(33(23)41,17-13-22(5)34(42)43)38(26,27)45-32(28)25(31(24)44-36)12-11-21(3)4/h10-11,13-14,16,28-29,31-32,44H,9,12,15,17-22H2,1-8H3,(H,47,48);10-11,13-14,16,18,23,27,39H,9,12,15,17,19H2,1-8H3,(H,42,43)/b25-13-;22-13-. The molecule has 7 fully saturated rings. The van der Waals surface area contributed by atoms with Gasteiger partial charge in [0.25, 0.3) is 0 Å². The quantitative estimate of drug-likeness (QED) is 0.0848. The number of carbonyl (C=O) groups is 6. The number of aromatic hydroxyl groups is 2. The predicted octanol–water partition coefficient (Wildman–Crippen LogP) is 13.9. The minimum absolute atomic E-state index is 0.0544. The number of fused-ring (bicyclic) bond motifs is 4. The van der Waals surface area contributed by atoms with E-state index in [-0.39, 0.29) is 87.3 Å². The molecule has 524 valence electrons. The fraction of sp³-hybridized carbons (Fsp3) is 0.550. The van der Waals surface area contributed by atoms with E-state index in [0.29, 0.717) is 104 Å². The van der Waals surface area contributed by atoms with E-state index in [2.05, 4.69) is 50.8 Å². The lowest BCUT2D eigenvalue weighted by Gasteiger charge is -2.64. The van der Waals surface area contributed by atoms with E-state index < -0.39 is 86.3 Å². The minimum atomic E-state index is -1.64. The molecule has 4 saturated carbocycles. The van der Waals surface area contributed by atoms with Gasteiger partial charge in [-0.2, -0.15) is 0 Å². The van der Waals surface area contributed by atoms with Crippen LogP contribution in [0.2, 0.25) is 0 Å². The summed E-state index contributed by atoms with van der Waals surface area (Å²) in [7, 11) is 0. The topological polar surface area (TPSA) is 251 Å². The van der Waals surface area contributed by atoms with Gasteiger partial charge in [-0.05, 0) is 186 Å². The largest absolute Gasteiger partial charge is 0.506 e. The van der Waals surface area contributed by atoms with Crippen molar-refractivity contribution in [1.29, 1.82) is 0 Å². The van der Waals surface area contributed by atoms with Gasteiger partial charge in [0.05, 0.1) is 41.5 Å². The molecule has 0 aromatic heterocycles. The zero-order valence-electron chi connectivity index (χ0n) is 59.8. The van der Waals surface area contributed by atoms with Crippen LogP contribution in [0.1, 0.15) is 205 Å². The monoisotopic (exact) mass is 1340 g/mol. The molecular weight excluding hydrogens is 1250 g/mol. The second-order valence-corrected chi connectivity index (χ2v) is 31.7. The third-order valence-corrected chi connectivity index (χ3v) is 23.0. The van der Waals surface area contributed by atoms with E-state index in [9.17, 15) is 39.6 Å². The van der Waals surface area contributed by atoms with Crippen molar-refractivity contribution >= 4 is 47.2 Å². The first-order chi connectivity index (χ1) is 46.0. The molecular formula is C80H97NO17. The number of phenolic OH excluding ortho intramolecular Hbond substituents is 2. The molecule has 18 nitrogen and oxygen atoms in total. The molecule has 7 aliphatic heterocycles. The van der Waals surface area contributed by atoms with Crippen LogP contribution in [0.5, 0.6) is 34.5 Å². The van der Waals surface area contributed by atoms with Crippen molar-refractivity contribution in [2.45, 2.75) is 226 Å². The Balaban J connectivity index is 0.000000188. The third-order valence-electron chi connectivity index (χ3n) is 23.0. The summed E-state index contributed by atoms with van der Waals surface area (Å²) in [5, 5.41) is 43.4. The Morgan fingerprint density at radius 1 is 0.571 bits per heavy atom. The fourth-order valence-electron chi connectivity index (χ4n) is 18.3. The Hall–Kier alpha value is -7.64. The lowest BCUT2D eigenvalue weighted by molar-refractivity contribution is -0.216. The predicted molar refractivity (Wildman–Crippen MR) is 370 cm³/mol. The smallest absolute Gasteiger partial charge is 0.330 e. The maximum atomic E-state index is 15.6. The molecule has 15 rings (SSSR count). The lowest BCUT2D eigenvalue weighted by atomic mass is 9.44. The van der Waals surface area contributed by atoms with Gasteiger partial charge in [0.1, 0.15) is 56.8 Å². The van der Waals surface area contributed by atoms with E-state index in [1.807, 2.05) is 99.6 Å². The van der Waals surface area contributed by atoms with Crippen molar-refractivity contribution in [1.82, 2.24) is 4.90 Å². The van der Waals surface area contributed by atoms with Crippen molar-refractivity contribution < 1.29 is 82.4 Å². The van der Waals surface area contributed by atoms with Crippen molar-refractivity contribution in [3.63, 3.8) is 0 Å². The van der Waals surface area contributed by atoms with Gasteiger partial charge in [-0.1, -0.05) is 64.8 Å². The van der Waals surface area contributed by atoms with Crippen LogP contribution >= 0.6 is 0 Å². The number of hydrogen-bond acceptors (Lipinski definition) is 16. The van der Waals surface area contributed by atoms with E-state index in [1.165, 1.54) is 31.1 Å². The average molecular weight is 1340 g/mol. The number of Topliss-reactive ketones (excluding diaryl/α,β-unsaturated/α-hetero) is 4. The highest BCUT2D eigenvalue weighted by atomic mass is 16.6. The van der Waals surface area contributed by atoms with Gasteiger partial charge in [0, 0.05) is 83.5 Å². The normalized spacial score (nSPS) is 32.8. The Morgan fingerprint density at radius 3 is 1.56 bits per heavy atom. The van der Waals surface area contributed by atoms with Crippen LogP contribution in [-0.4, -0.2) is 138 Å². The van der Waals surface area contributed by atoms with Crippen LogP contribution in [0.3, 0.4) is 0 Å². The molecule has 0 radical (unpaired) electrons. The number of morpholine rings is 1. The number of rotatable bonds is 17. The van der Waals surface area contributed by atoms with E-state index >= 15 is 9.59 Å². The maximum absolute atomic E-state index is 15.6. The Kier molecular flexibility index (Phi) is 17.6. The number of carboxylic acid groups (broad SMARTS) is 2. The van der Waals surface area contributed by atoms with Crippen LogP contribution in [0, 0.1) is 29.6 Å². The summed E-state index contributed by atoms with van der Waals surface area (Å²) < 4.78 is 47.6. The Labute approximate surface area is 575 Å². The Bertz CT molecular complexity index is 4080. The molecule has 2 aromatic rings. The number of carbonyl (C=O) groups excluding carboxylic acids is 4. The maximum Gasteiger partial charge on any atom is 0.330 e. The third kappa shape index (κ3) is 10.8. The van der Waals surface area contributed by atoms with Gasteiger partial charge < -0.3 is 53.6 Å². The number of hydrogen-bond donors (Lipinski definition) is 4. The molecule has 6 aliphatic carbocycles. The highest BCUT2D eigenvalue weighted by molar-refractivity contribution is 6.19. The van der Waals surface area contributed by atoms with Crippen LogP contribution < -0.4 is 18.9 Å². The highest BCUT2D eigenvalue weighted by Gasteiger charge is 2.86. The summed E-state index contributed by atoms with van der Waals surface area (Å²) in [6.45, 7) is 32.9. The molecule has 0 amide bonds. The van der Waals surface area contributed by atoms with E-state index in [1.54, 1.807) is 12.2 Å². The zero-order valence-corrected chi connectivity index (χ0v) is 59.8. The minimum Gasteiger partial charge on any atom is -0.506 e. The second-order valence-electron chi connectivity index (χ2n) is 31.7. The molecule has 7 heterocycles. The zero-order chi connectivity index (χ0) is 71.1. The molecule has 2 spiro atoms. The first-order valence-electron chi connectivity index (χ1n) is 34.9. The first-order valence-corrected chi connectivity index (χ1v) is 34.9. The second kappa shape index (κ2) is 24.6. The Morgan fingerprint density at radius 2 is 1.05 bits per heavy atom. The summed E-state index contributed by atoms with van der Waals surface area (Å²) in [5.41, 5.74) is -2.11. The van der Waals surface area contributed by atoms with Gasteiger partial charge in [-0.25, -0.2) is 9.59 Å². The average Bonchev–Trinajstić information content (AvgIpc) is 1.47. The SMILES string of the molecule is CC(C)=CCCC1(C)C=Cc2c(O)c3c(c(CC=C(C)C)c2O1)OC12C(=CC4CC1C(C)(C)OC2(C/C=C(/C)C(=O)O)C4=O)C3=O.CC(C)=CCCC1(C)C=Cc2c(O)c3c(c(CC=C(C)C)c2O1)OC12C(C3=O)C(N3CCOCC3)C3CC1C(C)(C)OC2(C/C=C(/C)C(=O)O)C3=O. The van der Waals surface area contributed by atoms with Gasteiger partial charge in [0.15, 0.2) is 45.5 Å². The number of allylic oxidation sites excluding steroid dienone is 9. The van der Waals surface area contributed by atoms with Gasteiger partial charge in [-0.3, -0.25) is 24.1 Å². The van der Waals surface area contributed by atoms with Crippen LogP contribution in [0.4, 0.5) is 0 Å². The fourth-order valence-corrected chi connectivity index (χ4v) is 18.3. The number of phenols is 2. The summed E-state index contributed by atoms with van der Waals surface area (Å²) in [6.07, 6.45) is 25.2. The molecule has 18 heteroatoms. The van der Waals surface area contributed by atoms with Gasteiger partial charge in [0.2, 0.25) is 0 Å². The highest BCUT2D eigenvalue weighted by Crippen LogP contribution is 2.72.